The van der Waals surface area contributed by atoms with Crippen molar-refractivity contribution < 1.29 is 13.9 Å². The summed E-state index contributed by atoms with van der Waals surface area (Å²) in [5.74, 6) is 0.691. The summed E-state index contributed by atoms with van der Waals surface area (Å²) in [6, 6.07) is 8.38. The van der Waals surface area contributed by atoms with Gasteiger partial charge in [0.25, 0.3) is 0 Å². The summed E-state index contributed by atoms with van der Waals surface area (Å²) in [6.07, 6.45) is 0. The number of benzene rings is 1. The predicted octanol–water partition coefficient (Wildman–Crippen LogP) is 4.07. The first-order valence-corrected chi connectivity index (χ1v) is 6.36. The van der Waals surface area contributed by atoms with Gasteiger partial charge in [-0.1, -0.05) is 11.6 Å². The first-order valence-electron chi connectivity index (χ1n) is 5.19. The lowest BCUT2D eigenvalue weighted by Gasteiger charge is -2.00. The number of hydrogen-bond acceptors (Lipinski definition) is 3. The lowest BCUT2D eigenvalue weighted by atomic mass is 10.1. The van der Waals surface area contributed by atoms with Crippen molar-refractivity contribution in [3.05, 3.63) is 56.9 Å². The van der Waals surface area contributed by atoms with E-state index in [1.54, 1.807) is 37.4 Å². The minimum absolute atomic E-state index is 0.202. The van der Waals surface area contributed by atoms with Crippen LogP contribution in [0.15, 0.2) is 39.2 Å². The Labute approximate surface area is 118 Å². The fourth-order valence-corrected chi connectivity index (χ4v) is 1.93. The van der Waals surface area contributed by atoms with Crippen molar-refractivity contribution in [2.45, 2.75) is 6.61 Å². The Hall–Kier alpha value is -1.10. The Balaban J connectivity index is 2.26. The molecule has 0 atom stereocenters. The standard InChI is InChI=1S/C13H10BrClO3/c1-17-7-9-3-5-12(18-9)13(16)8-2-4-10(14)11(15)6-8/h2-6H,7H2,1H3. The molecule has 0 saturated carbocycles. The molecule has 1 aromatic carbocycles. The first-order chi connectivity index (χ1) is 8.61. The maximum Gasteiger partial charge on any atom is 0.228 e. The molecule has 1 heterocycles. The molecule has 0 aliphatic heterocycles. The van der Waals surface area contributed by atoms with Gasteiger partial charge in [0.1, 0.15) is 12.4 Å². The zero-order valence-corrected chi connectivity index (χ0v) is 11.9. The van der Waals surface area contributed by atoms with Crippen LogP contribution in [-0.4, -0.2) is 12.9 Å². The Kier molecular flexibility index (Phi) is 4.22. The van der Waals surface area contributed by atoms with Crippen LogP contribution in [0.1, 0.15) is 21.9 Å². The third-order valence-electron chi connectivity index (χ3n) is 2.35. The first kappa shape index (κ1) is 13.3. The zero-order valence-electron chi connectivity index (χ0n) is 9.57. The molecule has 0 saturated heterocycles. The average Bonchev–Trinajstić information content (AvgIpc) is 2.81. The van der Waals surface area contributed by atoms with Gasteiger partial charge >= 0.3 is 0 Å². The Morgan fingerprint density at radius 3 is 2.83 bits per heavy atom. The van der Waals surface area contributed by atoms with Gasteiger partial charge in [-0.05, 0) is 46.3 Å². The van der Waals surface area contributed by atoms with E-state index in [4.69, 9.17) is 20.8 Å². The highest BCUT2D eigenvalue weighted by Crippen LogP contribution is 2.24. The quantitative estimate of drug-likeness (QED) is 0.794. The summed E-state index contributed by atoms with van der Waals surface area (Å²) in [5, 5.41) is 0.490. The third-order valence-corrected chi connectivity index (χ3v) is 3.59. The number of hydrogen-bond donors (Lipinski definition) is 0. The van der Waals surface area contributed by atoms with Crippen molar-refractivity contribution >= 4 is 33.3 Å². The summed E-state index contributed by atoms with van der Waals surface area (Å²) < 4.78 is 11.1. The van der Waals surface area contributed by atoms with Crippen LogP contribution >= 0.6 is 27.5 Å². The van der Waals surface area contributed by atoms with Crippen molar-refractivity contribution in [2.75, 3.05) is 7.11 Å². The molecule has 1 aromatic heterocycles. The van der Waals surface area contributed by atoms with E-state index in [9.17, 15) is 4.79 Å². The van der Waals surface area contributed by atoms with E-state index < -0.39 is 0 Å². The number of methoxy groups -OCH3 is 1. The van der Waals surface area contributed by atoms with Gasteiger partial charge in [0.15, 0.2) is 5.76 Å². The minimum Gasteiger partial charge on any atom is -0.455 e. The van der Waals surface area contributed by atoms with E-state index in [1.807, 2.05) is 0 Å². The molecule has 0 aliphatic rings. The second kappa shape index (κ2) is 5.69. The smallest absolute Gasteiger partial charge is 0.228 e. The van der Waals surface area contributed by atoms with Crippen molar-refractivity contribution in [1.29, 1.82) is 0 Å². The van der Waals surface area contributed by atoms with Crippen LogP contribution in [-0.2, 0) is 11.3 Å². The summed E-state index contributed by atoms with van der Waals surface area (Å²) in [4.78, 5) is 12.1. The van der Waals surface area contributed by atoms with Crippen LogP contribution in [0.3, 0.4) is 0 Å². The highest BCUT2D eigenvalue weighted by Gasteiger charge is 2.14. The van der Waals surface area contributed by atoms with E-state index in [0.717, 1.165) is 4.47 Å². The molecule has 5 heteroatoms. The van der Waals surface area contributed by atoms with Crippen LogP contribution in [0.2, 0.25) is 5.02 Å². The minimum atomic E-state index is -0.202. The average molecular weight is 330 g/mol. The molecule has 0 spiro atoms. The number of carbonyl (C=O) groups is 1. The topological polar surface area (TPSA) is 39.4 Å². The van der Waals surface area contributed by atoms with Gasteiger partial charge in [0.2, 0.25) is 5.78 Å². The van der Waals surface area contributed by atoms with Crippen LogP contribution in [0.5, 0.6) is 0 Å². The number of halogens is 2. The Morgan fingerprint density at radius 2 is 2.17 bits per heavy atom. The molecule has 0 aliphatic carbocycles. The Morgan fingerprint density at radius 1 is 1.39 bits per heavy atom. The van der Waals surface area contributed by atoms with Crippen molar-refractivity contribution in [1.82, 2.24) is 0 Å². The fourth-order valence-electron chi connectivity index (χ4n) is 1.50. The molecule has 0 radical (unpaired) electrons. The molecule has 0 fully saturated rings. The second-order valence-electron chi connectivity index (χ2n) is 3.66. The molecular weight excluding hydrogens is 319 g/mol. The zero-order chi connectivity index (χ0) is 13.1. The summed E-state index contributed by atoms with van der Waals surface area (Å²) in [7, 11) is 1.57. The molecule has 94 valence electrons. The van der Waals surface area contributed by atoms with Crippen molar-refractivity contribution in [3.63, 3.8) is 0 Å². The van der Waals surface area contributed by atoms with E-state index in [0.29, 0.717) is 23.0 Å². The maximum atomic E-state index is 12.1. The number of rotatable bonds is 4. The highest BCUT2D eigenvalue weighted by atomic mass is 79.9. The van der Waals surface area contributed by atoms with E-state index in [2.05, 4.69) is 15.9 Å². The highest BCUT2D eigenvalue weighted by molar-refractivity contribution is 9.10. The molecule has 0 amide bonds. The maximum absolute atomic E-state index is 12.1. The molecule has 0 N–H and O–H groups in total. The molecule has 18 heavy (non-hydrogen) atoms. The van der Waals surface area contributed by atoms with Crippen molar-refractivity contribution in [3.8, 4) is 0 Å². The largest absolute Gasteiger partial charge is 0.455 e. The van der Waals surface area contributed by atoms with E-state index >= 15 is 0 Å². The van der Waals surface area contributed by atoms with Crippen molar-refractivity contribution in [2.24, 2.45) is 0 Å². The van der Waals surface area contributed by atoms with Crippen LogP contribution in [0.25, 0.3) is 0 Å². The Bertz CT molecular complexity index is 577. The van der Waals surface area contributed by atoms with Gasteiger partial charge < -0.3 is 9.15 Å². The summed E-state index contributed by atoms with van der Waals surface area (Å²) in [5.41, 5.74) is 0.488. The summed E-state index contributed by atoms with van der Waals surface area (Å²) in [6.45, 7) is 0.342. The van der Waals surface area contributed by atoms with E-state index in [-0.39, 0.29) is 11.5 Å². The van der Waals surface area contributed by atoms with Gasteiger partial charge in [-0.25, -0.2) is 0 Å². The second-order valence-corrected chi connectivity index (χ2v) is 4.92. The van der Waals surface area contributed by atoms with Crippen LogP contribution in [0.4, 0.5) is 0 Å². The number of ether oxygens (including phenoxy) is 1. The van der Waals surface area contributed by atoms with E-state index in [1.165, 1.54) is 0 Å². The van der Waals surface area contributed by atoms with Gasteiger partial charge in [-0.15, -0.1) is 0 Å². The van der Waals surface area contributed by atoms with Gasteiger partial charge in [-0.2, -0.15) is 0 Å². The number of furan rings is 1. The molecule has 0 bridgehead atoms. The molecule has 2 rings (SSSR count). The SMILES string of the molecule is COCc1ccc(C(=O)c2ccc(Br)c(Cl)c2)o1. The van der Waals surface area contributed by atoms with Crippen LogP contribution in [0, 0.1) is 0 Å². The molecule has 0 unspecified atom stereocenters. The predicted molar refractivity (Wildman–Crippen MR) is 72.0 cm³/mol. The number of carbonyl (C=O) groups excluding carboxylic acids is 1. The number of ketones is 1. The van der Waals surface area contributed by atoms with Crippen LogP contribution < -0.4 is 0 Å². The molecule has 2 aromatic rings. The normalized spacial score (nSPS) is 10.6. The molecular formula is C13H10BrClO3. The molecule has 3 nitrogen and oxygen atoms in total. The van der Waals surface area contributed by atoms with Gasteiger partial charge in [0, 0.05) is 17.1 Å². The monoisotopic (exact) mass is 328 g/mol. The third kappa shape index (κ3) is 2.83. The lowest BCUT2D eigenvalue weighted by molar-refractivity contribution is 0.1000. The lowest BCUT2D eigenvalue weighted by Crippen LogP contribution is -1.99. The van der Waals surface area contributed by atoms with Gasteiger partial charge in [-0.3, -0.25) is 4.79 Å². The fraction of sp³-hybridized carbons (Fsp3) is 0.154. The van der Waals surface area contributed by atoms with Gasteiger partial charge in [0.05, 0.1) is 5.02 Å². The summed E-state index contributed by atoms with van der Waals surface area (Å²) >= 11 is 9.23.